The molecule has 0 heterocycles. The van der Waals surface area contributed by atoms with Crippen LogP contribution in [-0.4, -0.2) is 26.3 Å². The highest BCUT2D eigenvalue weighted by Gasteiger charge is 2.39. The average Bonchev–Trinajstić information content (AvgIpc) is 2.64. The number of carbonyl (C=O) groups is 1. The van der Waals surface area contributed by atoms with E-state index in [0.717, 1.165) is 19.3 Å². The zero-order chi connectivity index (χ0) is 12.0. The maximum Gasteiger partial charge on any atom is 0.160 e. The van der Waals surface area contributed by atoms with Crippen molar-refractivity contribution < 1.29 is 14.3 Å². The minimum absolute atomic E-state index is 0.163. The summed E-state index contributed by atoms with van der Waals surface area (Å²) in [5.41, 5.74) is 0. The molecule has 16 heavy (non-hydrogen) atoms. The van der Waals surface area contributed by atoms with Crippen LogP contribution in [-0.2, 0) is 14.3 Å². The number of ketones is 1. The van der Waals surface area contributed by atoms with Crippen LogP contribution in [0, 0.1) is 11.8 Å². The largest absolute Gasteiger partial charge is 0.356 e. The molecule has 0 bridgehead atoms. The van der Waals surface area contributed by atoms with Crippen molar-refractivity contribution in [3.63, 3.8) is 0 Å². The molecular formula is C13H24O3. The number of Topliss-reactive ketones (excluding diaryl/α,β-unsaturated/α-hetero) is 1. The predicted octanol–water partition coefficient (Wildman–Crippen LogP) is 2.78. The van der Waals surface area contributed by atoms with Crippen molar-refractivity contribution in [2.45, 2.75) is 51.7 Å². The number of ether oxygens (including phenoxy) is 2. The van der Waals surface area contributed by atoms with Crippen LogP contribution in [0.4, 0.5) is 0 Å². The Bertz CT molecular complexity index is 211. The lowest BCUT2D eigenvalue weighted by molar-refractivity contribution is -0.149. The number of hydrogen-bond acceptors (Lipinski definition) is 3. The van der Waals surface area contributed by atoms with E-state index in [1.165, 1.54) is 12.8 Å². The van der Waals surface area contributed by atoms with E-state index in [0.29, 0.717) is 12.2 Å². The topological polar surface area (TPSA) is 35.5 Å². The average molecular weight is 228 g/mol. The fourth-order valence-corrected chi connectivity index (χ4v) is 2.70. The first-order chi connectivity index (χ1) is 7.74. The van der Waals surface area contributed by atoms with Crippen LogP contribution in [0.15, 0.2) is 0 Å². The zero-order valence-corrected chi connectivity index (χ0v) is 10.7. The highest BCUT2D eigenvalue weighted by molar-refractivity contribution is 5.83. The number of rotatable bonds is 7. The molecule has 1 aliphatic rings. The monoisotopic (exact) mass is 228 g/mol. The Kier molecular flexibility index (Phi) is 5.99. The Morgan fingerprint density at radius 2 is 2.00 bits per heavy atom. The molecule has 2 atom stereocenters. The molecule has 2 unspecified atom stereocenters. The third-order valence-corrected chi connectivity index (χ3v) is 3.59. The normalized spacial score (nSPS) is 25.6. The summed E-state index contributed by atoms with van der Waals surface area (Å²) in [6.07, 6.45) is 5.96. The van der Waals surface area contributed by atoms with E-state index in [9.17, 15) is 4.79 Å². The van der Waals surface area contributed by atoms with Crippen molar-refractivity contribution >= 4 is 5.78 Å². The van der Waals surface area contributed by atoms with E-state index < -0.39 is 0 Å². The standard InChI is InChI=1S/C13H24O3/c1-4-5-6-7-10-11(8-9-12(10)14)13(15-2)16-3/h10-11,13H,4-9H2,1-3H3. The van der Waals surface area contributed by atoms with Crippen LogP contribution >= 0.6 is 0 Å². The molecule has 3 heteroatoms. The van der Waals surface area contributed by atoms with E-state index in [2.05, 4.69) is 6.92 Å². The van der Waals surface area contributed by atoms with Crippen LogP contribution in [0.1, 0.15) is 45.4 Å². The van der Waals surface area contributed by atoms with Gasteiger partial charge in [0, 0.05) is 32.5 Å². The van der Waals surface area contributed by atoms with Crippen LogP contribution in [0.5, 0.6) is 0 Å². The first-order valence-corrected chi connectivity index (χ1v) is 6.32. The number of hydrogen-bond donors (Lipinski definition) is 0. The lowest BCUT2D eigenvalue weighted by atomic mass is 9.89. The summed E-state index contributed by atoms with van der Waals surface area (Å²) >= 11 is 0. The molecule has 0 amide bonds. The van der Waals surface area contributed by atoms with Crippen molar-refractivity contribution in [1.29, 1.82) is 0 Å². The van der Waals surface area contributed by atoms with Gasteiger partial charge in [-0.3, -0.25) is 4.79 Å². The molecule has 1 rings (SSSR count). The van der Waals surface area contributed by atoms with Gasteiger partial charge in [-0.05, 0) is 12.8 Å². The zero-order valence-electron chi connectivity index (χ0n) is 10.7. The molecule has 0 aromatic heterocycles. The van der Waals surface area contributed by atoms with Gasteiger partial charge >= 0.3 is 0 Å². The Hall–Kier alpha value is -0.410. The molecule has 0 aliphatic heterocycles. The molecule has 0 N–H and O–H groups in total. The smallest absolute Gasteiger partial charge is 0.160 e. The lowest BCUT2D eigenvalue weighted by Gasteiger charge is -2.25. The molecule has 0 spiro atoms. The maximum atomic E-state index is 11.8. The molecule has 0 aromatic carbocycles. The summed E-state index contributed by atoms with van der Waals surface area (Å²) in [4.78, 5) is 11.8. The predicted molar refractivity (Wildman–Crippen MR) is 63.2 cm³/mol. The van der Waals surface area contributed by atoms with Gasteiger partial charge in [0.05, 0.1) is 0 Å². The summed E-state index contributed by atoms with van der Waals surface area (Å²) in [5, 5.41) is 0. The number of unbranched alkanes of at least 4 members (excludes halogenated alkanes) is 2. The highest BCUT2D eigenvalue weighted by Crippen LogP contribution is 2.36. The van der Waals surface area contributed by atoms with Crippen molar-refractivity contribution in [3.8, 4) is 0 Å². The van der Waals surface area contributed by atoms with E-state index in [4.69, 9.17) is 9.47 Å². The molecule has 0 radical (unpaired) electrons. The first kappa shape index (κ1) is 13.7. The fourth-order valence-electron chi connectivity index (χ4n) is 2.70. The van der Waals surface area contributed by atoms with Crippen molar-refractivity contribution in [1.82, 2.24) is 0 Å². The van der Waals surface area contributed by atoms with Crippen LogP contribution in [0.25, 0.3) is 0 Å². The van der Waals surface area contributed by atoms with Crippen LogP contribution in [0.2, 0.25) is 0 Å². The minimum Gasteiger partial charge on any atom is -0.356 e. The molecule has 0 aromatic rings. The van der Waals surface area contributed by atoms with E-state index >= 15 is 0 Å². The van der Waals surface area contributed by atoms with E-state index in [1.807, 2.05) is 0 Å². The first-order valence-electron chi connectivity index (χ1n) is 6.32. The summed E-state index contributed by atoms with van der Waals surface area (Å²) < 4.78 is 10.6. The summed E-state index contributed by atoms with van der Waals surface area (Å²) in [6, 6.07) is 0. The van der Waals surface area contributed by atoms with Crippen LogP contribution < -0.4 is 0 Å². The highest BCUT2D eigenvalue weighted by atomic mass is 16.7. The summed E-state index contributed by atoms with van der Waals surface area (Å²) in [6.45, 7) is 2.18. The third kappa shape index (κ3) is 3.29. The van der Waals surface area contributed by atoms with Gasteiger partial charge < -0.3 is 9.47 Å². The van der Waals surface area contributed by atoms with Gasteiger partial charge in [0.1, 0.15) is 5.78 Å². The Morgan fingerprint density at radius 1 is 1.31 bits per heavy atom. The van der Waals surface area contributed by atoms with Crippen molar-refractivity contribution in [2.75, 3.05) is 14.2 Å². The second-order valence-corrected chi connectivity index (χ2v) is 4.61. The molecule has 1 aliphatic carbocycles. The minimum atomic E-state index is -0.210. The lowest BCUT2D eigenvalue weighted by Crippen LogP contribution is -2.29. The number of methoxy groups -OCH3 is 2. The van der Waals surface area contributed by atoms with Gasteiger partial charge in [0.15, 0.2) is 6.29 Å². The molecule has 0 saturated heterocycles. The van der Waals surface area contributed by atoms with Crippen molar-refractivity contribution in [3.05, 3.63) is 0 Å². The van der Waals surface area contributed by atoms with E-state index in [1.54, 1.807) is 14.2 Å². The fraction of sp³-hybridized carbons (Fsp3) is 0.923. The SMILES string of the molecule is CCCCCC1C(=O)CCC1C(OC)OC. The Labute approximate surface area is 98.5 Å². The molecule has 1 fully saturated rings. The number of carbonyl (C=O) groups excluding carboxylic acids is 1. The summed E-state index contributed by atoms with van der Waals surface area (Å²) in [7, 11) is 3.31. The molecule has 1 saturated carbocycles. The quantitative estimate of drug-likeness (QED) is 0.496. The van der Waals surface area contributed by atoms with Gasteiger partial charge in [-0.25, -0.2) is 0 Å². The van der Waals surface area contributed by atoms with Gasteiger partial charge in [-0.1, -0.05) is 26.2 Å². The van der Waals surface area contributed by atoms with E-state index in [-0.39, 0.29) is 18.1 Å². The second-order valence-electron chi connectivity index (χ2n) is 4.61. The maximum absolute atomic E-state index is 11.8. The van der Waals surface area contributed by atoms with Gasteiger partial charge in [-0.15, -0.1) is 0 Å². The molecule has 3 nitrogen and oxygen atoms in total. The third-order valence-electron chi connectivity index (χ3n) is 3.59. The molecule has 94 valence electrons. The second kappa shape index (κ2) is 7.02. The molecular weight excluding hydrogens is 204 g/mol. The Morgan fingerprint density at radius 3 is 2.56 bits per heavy atom. The van der Waals surface area contributed by atoms with Gasteiger partial charge in [-0.2, -0.15) is 0 Å². The van der Waals surface area contributed by atoms with Crippen molar-refractivity contribution in [2.24, 2.45) is 11.8 Å². The summed E-state index contributed by atoms with van der Waals surface area (Å²) in [5.74, 6) is 0.830. The Balaban J connectivity index is 2.51. The van der Waals surface area contributed by atoms with Gasteiger partial charge in [0.25, 0.3) is 0 Å². The van der Waals surface area contributed by atoms with Crippen LogP contribution in [0.3, 0.4) is 0 Å². The van der Waals surface area contributed by atoms with Gasteiger partial charge in [0.2, 0.25) is 0 Å².